The van der Waals surface area contributed by atoms with Gasteiger partial charge in [-0.1, -0.05) is 23.7 Å². The molecule has 1 aromatic rings. The molecule has 0 radical (unpaired) electrons. The van der Waals surface area contributed by atoms with E-state index in [-0.39, 0.29) is 12.5 Å². The van der Waals surface area contributed by atoms with Crippen molar-refractivity contribution < 1.29 is 14.8 Å². The van der Waals surface area contributed by atoms with Crippen molar-refractivity contribution in [1.82, 2.24) is 4.90 Å². The zero-order chi connectivity index (χ0) is 12.1. The lowest BCUT2D eigenvalue weighted by molar-refractivity contribution is -0.662. The Hall–Kier alpha value is -1.26. The monoisotopic (exact) mass is 255 g/mol. The van der Waals surface area contributed by atoms with E-state index in [4.69, 9.17) is 16.3 Å². The minimum atomic E-state index is 0.0259. The van der Waals surface area contributed by atoms with Crippen molar-refractivity contribution in [3.8, 4) is 5.75 Å². The Balaban J connectivity index is 1.85. The molecule has 0 unspecified atom stereocenters. The zero-order valence-electron chi connectivity index (χ0n) is 9.56. The average Bonchev–Trinajstić information content (AvgIpc) is 2.38. The number of quaternary nitrogens is 1. The van der Waals surface area contributed by atoms with Gasteiger partial charge in [0.05, 0.1) is 31.2 Å². The van der Waals surface area contributed by atoms with E-state index in [1.165, 1.54) is 0 Å². The van der Waals surface area contributed by atoms with Crippen LogP contribution in [0.3, 0.4) is 0 Å². The number of benzene rings is 1. The second-order valence-corrected chi connectivity index (χ2v) is 4.37. The van der Waals surface area contributed by atoms with Crippen LogP contribution < -0.4 is 10.1 Å². The molecule has 0 saturated carbocycles. The third-order valence-corrected chi connectivity index (χ3v) is 3.06. The fourth-order valence-corrected chi connectivity index (χ4v) is 1.98. The van der Waals surface area contributed by atoms with Crippen LogP contribution >= 0.6 is 11.6 Å². The first kappa shape index (κ1) is 12.2. The number of hydrogen-bond donors (Lipinski definition) is 1. The van der Waals surface area contributed by atoms with Crippen LogP contribution in [-0.2, 0) is 4.79 Å². The van der Waals surface area contributed by atoms with Crippen molar-refractivity contribution in [3.63, 3.8) is 0 Å². The summed E-state index contributed by atoms with van der Waals surface area (Å²) in [6.07, 6.45) is 0. The summed E-state index contributed by atoms with van der Waals surface area (Å²) in [7, 11) is 0. The molecular weight excluding hydrogens is 240 g/mol. The van der Waals surface area contributed by atoms with E-state index >= 15 is 0 Å². The van der Waals surface area contributed by atoms with Crippen LogP contribution in [0.2, 0.25) is 5.02 Å². The van der Waals surface area contributed by atoms with Gasteiger partial charge >= 0.3 is 0 Å². The Bertz CT molecular complexity index is 392. The van der Waals surface area contributed by atoms with Gasteiger partial charge in [-0.15, -0.1) is 0 Å². The maximum absolute atomic E-state index is 11.8. The second kappa shape index (κ2) is 5.89. The van der Waals surface area contributed by atoms with Crippen LogP contribution in [0.1, 0.15) is 0 Å². The summed E-state index contributed by atoms with van der Waals surface area (Å²) in [6, 6.07) is 7.18. The Morgan fingerprint density at radius 2 is 2.06 bits per heavy atom. The molecule has 4 nitrogen and oxygen atoms in total. The third kappa shape index (κ3) is 3.35. The van der Waals surface area contributed by atoms with Gasteiger partial charge in [0, 0.05) is 0 Å². The van der Waals surface area contributed by atoms with Crippen molar-refractivity contribution >= 4 is 17.5 Å². The number of rotatable bonds is 3. The fourth-order valence-electron chi connectivity index (χ4n) is 1.79. The summed E-state index contributed by atoms with van der Waals surface area (Å²) in [5, 5.41) is 2.74. The molecule has 17 heavy (non-hydrogen) atoms. The van der Waals surface area contributed by atoms with Gasteiger partial charge in [-0.3, -0.25) is 4.79 Å². The highest BCUT2D eigenvalue weighted by atomic mass is 35.5. The number of amides is 1. The molecule has 2 rings (SSSR count). The van der Waals surface area contributed by atoms with Crippen LogP contribution in [-0.4, -0.2) is 43.6 Å². The summed E-state index contributed by atoms with van der Waals surface area (Å²) >= 11 is 5.94. The summed E-state index contributed by atoms with van der Waals surface area (Å²) in [6.45, 7) is 3.59. The zero-order valence-corrected chi connectivity index (χ0v) is 10.3. The summed E-state index contributed by atoms with van der Waals surface area (Å²) < 4.78 is 5.42. The largest absolute Gasteiger partial charge is 0.482 e. The third-order valence-electron chi connectivity index (χ3n) is 2.75. The quantitative estimate of drug-likeness (QED) is 0.834. The molecule has 0 spiro atoms. The van der Waals surface area contributed by atoms with Gasteiger partial charge in [-0.05, 0) is 12.1 Å². The molecule has 1 aliphatic rings. The van der Waals surface area contributed by atoms with Gasteiger partial charge in [0.15, 0.2) is 6.61 Å². The summed E-state index contributed by atoms with van der Waals surface area (Å²) in [4.78, 5) is 13.7. The summed E-state index contributed by atoms with van der Waals surface area (Å²) in [5.74, 6) is 0.587. The number of carbonyl (C=O) groups is 1. The Morgan fingerprint density at radius 1 is 1.35 bits per heavy atom. The number of piperazine rings is 1. The van der Waals surface area contributed by atoms with E-state index in [0.717, 1.165) is 26.2 Å². The Labute approximate surface area is 106 Å². The number of para-hydroxylation sites is 1. The highest BCUT2D eigenvalue weighted by Gasteiger charge is 2.18. The first-order valence-electron chi connectivity index (χ1n) is 5.74. The first-order chi connectivity index (χ1) is 8.27. The number of halogens is 1. The topological polar surface area (TPSA) is 46.1 Å². The van der Waals surface area contributed by atoms with Crippen LogP contribution in [0, 0.1) is 0 Å². The molecule has 0 aliphatic carbocycles. The van der Waals surface area contributed by atoms with Crippen molar-refractivity contribution in [3.05, 3.63) is 29.3 Å². The number of nitrogens with two attached hydrogens (primary N) is 1. The van der Waals surface area contributed by atoms with E-state index in [9.17, 15) is 4.79 Å². The standard InChI is InChI=1S/C12H15ClN2O2/c13-10-3-1-2-4-11(10)17-9-12(16)15-7-5-14-6-8-15/h1-4,14H,5-9H2/p+1. The minimum absolute atomic E-state index is 0.0259. The molecule has 0 atom stereocenters. The molecule has 1 amide bonds. The molecular formula is C12H16ClN2O2+. The fraction of sp³-hybridized carbons (Fsp3) is 0.417. The SMILES string of the molecule is O=C(COc1ccccc1Cl)N1CC[NH2+]CC1. The molecule has 0 aromatic heterocycles. The van der Waals surface area contributed by atoms with Gasteiger partial charge in [0.25, 0.3) is 5.91 Å². The van der Waals surface area contributed by atoms with Crippen molar-refractivity contribution in [2.24, 2.45) is 0 Å². The van der Waals surface area contributed by atoms with E-state index in [0.29, 0.717) is 10.8 Å². The molecule has 5 heteroatoms. The summed E-state index contributed by atoms with van der Waals surface area (Å²) in [5.41, 5.74) is 0. The highest BCUT2D eigenvalue weighted by Crippen LogP contribution is 2.22. The molecule has 92 valence electrons. The molecule has 2 N–H and O–H groups in total. The minimum Gasteiger partial charge on any atom is -0.482 e. The van der Waals surface area contributed by atoms with E-state index < -0.39 is 0 Å². The smallest absolute Gasteiger partial charge is 0.260 e. The van der Waals surface area contributed by atoms with Crippen molar-refractivity contribution in [2.75, 3.05) is 32.8 Å². The lowest BCUT2D eigenvalue weighted by Crippen LogP contribution is -2.90. The normalized spacial score (nSPS) is 15.7. The first-order valence-corrected chi connectivity index (χ1v) is 6.12. The lowest BCUT2D eigenvalue weighted by atomic mass is 10.3. The predicted molar refractivity (Wildman–Crippen MR) is 65.2 cm³/mol. The van der Waals surface area contributed by atoms with Gasteiger partial charge in [-0.25, -0.2) is 0 Å². The maximum Gasteiger partial charge on any atom is 0.260 e. The van der Waals surface area contributed by atoms with E-state index in [2.05, 4.69) is 5.32 Å². The van der Waals surface area contributed by atoms with Crippen LogP contribution in [0.25, 0.3) is 0 Å². The molecule has 1 aromatic carbocycles. The predicted octanol–water partition coefficient (Wildman–Crippen LogP) is 0.124. The van der Waals surface area contributed by atoms with Gasteiger partial charge in [0.2, 0.25) is 0 Å². The Morgan fingerprint density at radius 3 is 2.76 bits per heavy atom. The van der Waals surface area contributed by atoms with E-state index in [1.807, 2.05) is 17.0 Å². The maximum atomic E-state index is 11.8. The molecule has 1 aliphatic heterocycles. The Kier molecular flexibility index (Phi) is 4.23. The molecule has 1 fully saturated rings. The lowest BCUT2D eigenvalue weighted by Gasteiger charge is -2.25. The van der Waals surface area contributed by atoms with Crippen molar-refractivity contribution in [1.29, 1.82) is 0 Å². The van der Waals surface area contributed by atoms with Crippen LogP contribution in [0.5, 0.6) is 5.75 Å². The van der Waals surface area contributed by atoms with E-state index in [1.54, 1.807) is 12.1 Å². The molecule has 1 saturated heterocycles. The van der Waals surface area contributed by atoms with Crippen molar-refractivity contribution in [2.45, 2.75) is 0 Å². The second-order valence-electron chi connectivity index (χ2n) is 3.97. The van der Waals surface area contributed by atoms with Gasteiger partial charge < -0.3 is 15.0 Å². The molecule has 1 heterocycles. The molecule has 0 bridgehead atoms. The number of ether oxygens (including phenoxy) is 1. The number of carbonyl (C=O) groups excluding carboxylic acids is 1. The van der Waals surface area contributed by atoms with Crippen LogP contribution in [0.4, 0.5) is 0 Å². The number of hydrogen-bond acceptors (Lipinski definition) is 2. The van der Waals surface area contributed by atoms with Crippen LogP contribution in [0.15, 0.2) is 24.3 Å². The average molecular weight is 256 g/mol. The van der Waals surface area contributed by atoms with Gasteiger partial charge in [0.1, 0.15) is 5.75 Å². The van der Waals surface area contributed by atoms with Gasteiger partial charge in [-0.2, -0.15) is 0 Å². The number of nitrogens with zero attached hydrogens (tertiary/aromatic N) is 1. The highest BCUT2D eigenvalue weighted by molar-refractivity contribution is 6.32.